The minimum absolute atomic E-state index is 0.165. The molecule has 0 saturated carbocycles. The lowest BCUT2D eigenvalue weighted by Gasteiger charge is -2.32. The second-order valence-electron chi connectivity index (χ2n) is 12.7. The van der Waals surface area contributed by atoms with Gasteiger partial charge in [0.25, 0.3) is 0 Å². The molecule has 3 aromatic carbocycles. The number of piperidine rings is 1. The molecular weight excluding hydrogens is 550 g/mol. The van der Waals surface area contributed by atoms with Crippen LogP contribution in [-0.4, -0.2) is 46.8 Å². The van der Waals surface area contributed by atoms with E-state index in [1.165, 1.54) is 5.56 Å². The smallest absolute Gasteiger partial charge is 0.324 e. The SMILES string of the molecule is COc1cccc(CC(=O)N2CCC(Cc3ccc(NC(=O)Nc4cc(C(C)(C)C)nn4-c4ccc(C)cc4)cc3)CC2)c1. The standard InChI is InChI=1S/C36H43N5O3/c1-25-9-15-30(16-10-25)41-33(24-32(39-41)36(2,3)4)38-35(43)37-29-13-11-26(12-14-29)21-27-17-19-40(20-18-27)34(42)23-28-7-6-8-31(22-28)44-5/h6-16,22,24,27H,17-21,23H2,1-5H3,(H2,37,38,43). The highest BCUT2D eigenvalue weighted by molar-refractivity contribution is 5.99. The molecule has 0 aliphatic carbocycles. The third kappa shape index (κ3) is 7.86. The molecule has 44 heavy (non-hydrogen) atoms. The molecule has 2 heterocycles. The number of hydrogen-bond acceptors (Lipinski definition) is 4. The zero-order chi connectivity index (χ0) is 31.3. The number of carbonyl (C=O) groups is 2. The molecule has 1 fully saturated rings. The Morgan fingerprint density at radius 2 is 1.61 bits per heavy atom. The lowest BCUT2D eigenvalue weighted by Crippen LogP contribution is -2.39. The van der Waals surface area contributed by atoms with Crippen molar-refractivity contribution in [2.75, 3.05) is 30.8 Å². The summed E-state index contributed by atoms with van der Waals surface area (Å²) in [6, 6.07) is 25.4. The molecule has 1 aliphatic heterocycles. The number of aryl methyl sites for hydroxylation is 1. The number of carbonyl (C=O) groups excluding carboxylic acids is 2. The zero-order valence-electron chi connectivity index (χ0n) is 26.4. The molecule has 1 aliphatic rings. The van der Waals surface area contributed by atoms with E-state index in [0.717, 1.165) is 66.3 Å². The Labute approximate surface area is 260 Å². The minimum Gasteiger partial charge on any atom is -0.497 e. The van der Waals surface area contributed by atoms with Gasteiger partial charge in [-0.1, -0.05) is 62.7 Å². The summed E-state index contributed by atoms with van der Waals surface area (Å²) in [4.78, 5) is 27.9. The van der Waals surface area contributed by atoms with Crippen molar-refractivity contribution >= 4 is 23.4 Å². The summed E-state index contributed by atoms with van der Waals surface area (Å²) < 4.78 is 7.06. The van der Waals surface area contributed by atoms with E-state index in [4.69, 9.17) is 9.84 Å². The van der Waals surface area contributed by atoms with Gasteiger partial charge in [-0.15, -0.1) is 0 Å². The molecule has 0 spiro atoms. The zero-order valence-corrected chi connectivity index (χ0v) is 26.4. The van der Waals surface area contributed by atoms with Crippen LogP contribution in [0.1, 0.15) is 56.0 Å². The van der Waals surface area contributed by atoms with Crippen LogP contribution in [0.25, 0.3) is 5.69 Å². The fourth-order valence-corrected chi connectivity index (χ4v) is 5.51. The fraction of sp³-hybridized carbons (Fsp3) is 0.361. The Morgan fingerprint density at radius 1 is 0.909 bits per heavy atom. The largest absolute Gasteiger partial charge is 0.497 e. The van der Waals surface area contributed by atoms with Crippen LogP contribution in [0.4, 0.5) is 16.3 Å². The van der Waals surface area contributed by atoms with Crippen LogP contribution in [0.2, 0.25) is 0 Å². The highest BCUT2D eigenvalue weighted by atomic mass is 16.5. The number of benzene rings is 3. The van der Waals surface area contributed by atoms with E-state index in [2.05, 4.69) is 43.5 Å². The predicted octanol–water partition coefficient (Wildman–Crippen LogP) is 7.15. The summed E-state index contributed by atoms with van der Waals surface area (Å²) in [6.45, 7) is 9.92. The number of aromatic nitrogens is 2. The van der Waals surface area contributed by atoms with Gasteiger partial charge in [-0.05, 0) is 79.6 Å². The number of anilines is 2. The fourth-order valence-electron chi connectivity index (χ4n) is 5.51. The van der Waals surface area contributed by atoms with Crippen molar-refractivity contribution in [2.45, 2.75) is 58.8 Å². The first-order valence-corrected chi connectivity index (χ1v) is 15.3. The van der Waals surface area contributed by atoms with Gasteiger partial charge >= 0.3 is 6.03 Å². The first kappa shape index (κ1) is 30.9. The summed E-state index contributed by atoms with van der Waals surface area (Å²) in [5, 5.41) is 10.7. The Morgan fingerprint density at radius 3 is 2.27 bits per heavy atom. The minimum atomic E-state index is -0.322. The maximum absolute atomic E-state index is 13.0. The molecule has 230 valence electrons. The third-order valence-corrected chi connectivity index (χ3v) is 8.19. The normalized spacial score (nSPS) is 13.9. The van der Waals surface area contributed by atoms with Crippen LogP contribution in [0, 0.1) is 12.8 Å². The number of rotatable bonds is 8. The Balaban J connectivity index is 1.13. The van der Waals surface area contributed by atoms with E-state index < -0.39 is 0 Å². The van der Waals surface area contributed by atoms with Crippen LogP contribution in [0.15, 0.2) is 78.9 Å². The Hall–Kier alpha value is -4.59. The highest BCUT2D eigenvalue weighted by Crippen LogP contribution is 2.27. The van der Waals surface area contributed by atoms with E-state index >= 15 is 0 Å². The topological polar surface area (TPSA) is 88.5 Å². The molecule has 0 atom stereocenters. The van der Waals surface area contributed by atoms with Gasteiger partial charge in [0, 0.05) is 30.3 Å². The maximum atomic E-state index is 13.0. The molecule has 1 saturated heterocycles. The lowest BCUT2D eigenvalue weighted by atomic mass is 9.90. The highest BCUT2D eigenvalue weighted by Gasteiger charge is 2.24. The first-order valence-electron chi connectivity index (χ1n) is 15.3. The van der Waals surface area contributed by atoms with Crippen LogP contribution in [0.3, 0.4) is 0 Å². The average Bonchev–Trinajstić information content (AvgIpc) is 3.43. The van der Waals surface area contributed by atoms with E-state index in [0.29, 0.717) is 18.2 Å². The molecule has 0 unspecified atom stereocenters. The van der Waals surface area contributed by atoms with E-state index in [1.54, 1.807) is 11.8 Å². The monoisotopic (exact) mass is 593 g/mol. The van der Waals surface area contributed by atoms with Gasteiger partial charge in [0.05, 0.1) is 24.9 Å². The molecule has 4 aromatic rings. The predicted molar refractivity (Wildman–Crippen MR) is 176 cm³/mol. The van der Waals surface area contributed by atoms with Crippen LogP contribution >= 0.6 is 0 Å². The molecule has 8 nitrogen and oxygen atoms in total. The number of methoxy groups -OCH3 is 1. The lowest BCUT2D eigenvalue weighted by molar-refractivity contribution is -0.131. The van der Waals surface area contributed by atoms with Crippen LogP contribution in [-0.2, 0) is 23.1 Å². The quantitative estimate of drug-likeness (QED) is 0.227. The van der Waals surface area contributed by atoms with E-state index in [9.17, 15) is 9.59 Å². The van der Waals surface area contributed by atoms with Crippen molar-refractivity contribution in [3.05, 3.63) is 101 Å². The molecule has 0 radical (unpaired) electrons. The number of urea groups is 1. The number of amides is 3. The second-order valence-corrected chi connectivity index (χ2v) is 12.7. The summed E-state index contributed by atoms with van der Waals surface area (Å²) in [6.07, 6.45) is 3.32. The number of nitrogens with zero attached hydrogens (tertiary/aromatic N) is 3. The third-order valence-electron chi connectivity index (χ3n) is 8.19. The van der Waals surface area contributed by atoms with Gasteiger partial charge in [-0.3, -0.25) is 10.1 Å². The van der Waals surface area contributed by atoms with Crippen molar-refractivity contribution in [3.8, 4) is 11.4 Å². The summed E-state index contributed by atoms with van der Waals surface area (Å²) in [5.41, 5.74) is 5.70. The van der Waals surface area contributed by atoms with Gasteiger partial charge < -0.3 is 15.0 Å². The van der Waals surface area contributed by atoms with Crippen molar-refractivity contribution in [1.82, 2.24) is 14.7 Å². The molecule has 0 bridgehead atoms. The van der Waals surface area contributed by atoms with Crippen molar-refractivity contribution < 1.29 is 14.3 Å². The van der Waals surface area contributed by atoms with Gasteiger partial charge in [-0.2, -0.15) is 5.10 Å². The molecular formula is C36H43N5O3. The van der Waals surface area contributed by atoms with Gasteiger partial charge in [-0.25, -0.2) is 9.48 Å². The van der Waals surface area contributed by atoms with Gasteiger partial charge in [0.2, 0.25) is 5.91 Å². The summed E-state index contributed by atoms with van der Waals surface area (Å²) in [7, 11) is 1.64. The van der Waals surface area contributed by atoms with Crippen LogP contribution in [0.5, 0.6) is 5.75 Å². The molecule has 2 N–H and O–H groups in total. The van der Waals surface area contributed by atoms with E-state index in [1.807, 2.05) is 78.6 Å². The number of likely N-dealkylation sites (tertiary alicyclic amines) is 1. The molecule has 1 aromatic heterocycles. The molecule has 5 rings (SSSR count). The average molecular weight is 594 g/mol. The number of hydrogen-bond donors (Lipinski definition) is 2. The van der Waals surface area contributed by atoms with Crippen molar-refractivity contribution in [3.63, 3.8) is 0 Å². The second kappa shape index (κ2) is 13.4. The Bertz CT molecular complexity index is 1580. The summed E-state index contributed by atoms with van der Waals surface area (Å²) >= 11 is 0. The first-order chi connectivity index (χ1) is 21.1. The summed E-state index contributed by atoms with van der Waals surface area (Å²) in [5.74, 6) is 2.08. The number of nitrogens with one attached hydrogen (secondary N) is 2. The van der Waals surface area contributed by atoms with Gasteiger partial charge in [0.15, 0.2) is 0 Å². The molecule has 8 heteroatoms. The Kier molecular flexibility index (Phi) is 9.37. The molecule has 3 amide bonds. The number of ether oxygens (including phenoxy) is 1. The maximum Gasteiger partial charge on any atom is 0.324 e. The van der Waals surface area contributed by atoms with Crippen molar-refractivity contribution in [2.24, 2.45) is 5.92 Å². The van der Waals surface area contributed by atoms with Crippen LogP contribution < -0.4 is 15.4 Å². The van der Waals surface area contributed by atoms with E-state index in [-0.39, 0.29) is 17.4 Å². The van der Waals surface area contributed by atoms with Crippen molar-refractivity contribution in [1.29, 1.82) is 0 Å². The van der Waals surface area contributed by atoms with Gasteiger partial charge in [0.1, 0.15) is 11.6 Å².